The number of halogens is 1. The molecule has 0 aliphatic carbocycles. The van der Waals surface area contributed by atoms with Crippen LogP contribution in [0.5, 0.6) is 0 Å². The largest absolute Gasteiger partial charge is 0.365 e. The van der Waals surface area contributed by atoms with Gasteiger partial charge >= 0.3 is 0 Å². The molecule has 1 saturated heterocycles. The lowest BCUT2D eigenvalue weighted by molar-refractivity contribution is -0.404. The molecular weight excluding hydrogens is 225 g/mol. The smallest absolute Gasteiger partial charge is 0.274 e. The van der Waals surface area contributed by atoms with Crippen molar-refractivity contribution in [3.8, 4) is 0 Å². The van der Waals surface area contributed by atoms with Gasteiger partial charge in [0.05, 0.1) is 4.92 Å². The van der Waals surface area contributed by atoms with Crippen LogP contribution in [-0.2, 0) is 6.54 Å². The quantitative estimate of drug-likeness (QED) is 0.636. The summed E-state index contributed by atoms with van der Waals surface area (Å²) in [6, 6.07) is 6.43. The standard InChI is InChI=1S/C11H12FN3O2/c12-10-4-2-1-3-9(10)7-14-6-5-13-11(14)8-15(16)17/h1-4,8,13H,5-7H2. The van der Waals surface area contributed by atoms with Crippen LogP contribution in [0.3, 0.4) is 0 Å². The zero-order valence-corrected chi connectivity index (χ0v) is 9.10. The van der Waals surface area contributed by atoms with Crippen molar-refractivity contribution in [3.63, 3.8) is 0 Å². The zero-order valence-electron chi connectivity index (χ0n) is 9.10. The Balaban J connectivity index is 2.13. The summed E-state index contributed by atoms with van der Waals surface area (Å²) >= 11 is 0. The van der Waals surface area contributed by atoms with Gasteiger partial charge in [0.2, 0.25) is 0 Å². The summed E-state index contributed by atoms with van der Waals surface area (Å²) in [6.07, 6.45) is 0.911. The van der Waals surface area contributed by atoms with Crippen molar-refractivity contribution >= 4 is 0 Å². The molecule has 2 rings (SSSR count). The molecule has 0 bridgehead atoms. The van der Waals surface area contributed by atoms with E-state index >= 15 is 0 Å². The Morgan fingerprint density at radius 1 is 1.53 bits per heavy atom. The summed E-state index contributed by atoms with van der Waals surface area (Å²) in [7, 11) is 0. The number of nitro groups is 1. The highest BCUT2D eigenvalue weighted by Crippen LogP contribution is 2.15. The van der Waals surface area contributed by atoms with Gasteiger partial charge in [0.25, 0.3) is 6.20 Å². The predicted molar refractivity (Wildman–Crippen MR) is 59.9 cm³/mol. The van der Waals surface area contributed by atoms with Crippen LogP contribution in [0.2, 0.25) is 0 Å². The zero-order chi connectivity index (χ0) is 12.3. The highest BCUT2D eigenvalue weighted by Gasteiger charge is 2.20. The molecule has 0 amide bonds. The monoisotopic (exact) mass is 237 g/mol. The molecule has 0 saturated carbocycles. The third-order valence-electron chi connectivity index (χ3n) is 2.58. The molecule has 5 nitrogen and oxygen atoms in total. The first-order chi connectivity index (χ1) is 8.16. The lowest BCUT2D eigenvalue weighted by atomic mass is 10.2. The predicted octanol–water partition coefficient (Wildman–Crippen LogP) is 1.31. The van der Waals surface area contributed by atoms with Crippen LogP contribution in [-0.4, -0.2) is 22.9 Å². The molecule has 0 atom stereocenters. The Labute approximate surface area is 97.7 Å². The second kappa shape index (κ2) is 4.82. The van der Waals surface area contributed by atoms with Gasteiger partial charge in [-0.3, -0.25) is 10.1 Å². The van der Waals surface area contributed by atoms with Crippen molar-refractivity contribution in [1.82, 2.24) is 10.2 Å². The summed E-state index contributed by atoms with van der Waals surface area (Å²) in [5.41, 5.74) is 0.533. The summed E-state index contributed by atoms with van der Waals surface area (Å²) < 4.78 is 13.4. The lowest BCUT2D eigenvalue weighted by Gasteiger charge is -2.17. The highest BCUT2D eigenvalue weighted by atomic mass is 19.1. The molecule has 0 unspecified atom stereocenters. The van der Waals surface area contributed by atoms with Gasteiger partial charge in [0.15, 0.2) is 5.82 Å². The van der Waals surface area contributed by atoms with E-state index in [0.717, 1.165) is 6.20 Å². The maximum atomic E-state index is 13.4. The van der Waals surface area contributed by atoms with E-state index in [1.165, 1.54) is 6.07 Å². The van der Waals surface area contributed by atoms with Crippen molar-refractivity contribution in [3.05, 3.63) is 57.8 Å². The Hall–Kier alpha value is -2.11. The first-order valence-electron chi connectivity index (χ1n) is 5.24. The fourth-order valence-corrected chi connectivity index (χ4v) is 1.77. The first kappa shape index (κ1) is 11.4. The molecule has 1 aliphatic rings. The molecule has 0 radical (unpaired) electrons. The Bertz CT molecular complexity index is 462. The van der Waals surface area contributed by atoms with Crippen molar-refractivity contribution < 1.29 is 9.31 Å². The fraction of sp³-hybridized carbons (Fsp3) is 0.273. The van der Waals surface area contributed by atoms with Crippen molar-refractivity contribution in [1.29, 1.82) is 0 Å². The van der Waals surface area contributed by atoms with Gasteiger partial charge in [-0.1, -0.05) is 18.2 Å². The van der Waals surface area contributed by atoms with E-state index in [9.17, 15) is 14.5 Å². The van der Waals surface area contributed by atoms with Gasteiger partial charge in [-0.05, 0) is 6.07 Å². The normalized spacial score (nSPS) is 17.2. The van der Waals surface area contributed by atoms with E-state index in [2.05, 4.69) is 5.32 Å². The van der Waals surface area contributed by atoms with Crippen LogP contribution in [0.15, 0.2) is 36.3 Å². The molecule has 90 valence electrons. The highest BCUT2D eigenvalue weighted by molar-refractivity contribution is 5.18. The van der Waals surface area contributed by atoms with Gasteiger partial charge in [-0.2, -0.15) is 0 Å². The van der Waals surface area contributed by atoms with E-state index in [-0.39, 0.29) is 5.82 Å². The molecule has 1 heterocycles. The second-order valence-corrected chi connectivity index (χ2v) is 3.74. The van der Waals surface area contributed by atoms with E-state index < -0.39 is 4.92 Å². The minimum Gasteiger partial charge on any atom is -0.365 e. The summed E-state index contributed by atoms with van der Waals surface area (Å²) in [4.78, 5) is 11.6. The maximum absolute atomic E-state index is 13.4. The Kier molecular flexibility index (Phi) is 3.22. The average molecular weight is 237 g/mol. The van der Waals surface area contributed by atoms with Crippen LogP contribution >= 0.6 is 0 Å². The third kappa shape index (κ3) is 2.72. The fourth-order valence-electron chi connectivity index (χ4n) is 1.77. The number of rotatable bonds is 3. The molecule has 1 aliphatic heterocycles. The number of benzene rings is 1. The molecule has 0 aromatic heterocycles. The molecule has 0 spiro atoms. The molecule has 6 heteroatoms. The molecule has 1 fully saturated rings. The minimum absolute atomic E-state index is 0.292. The Morgan fingerprint density at radius 3 is 3.00 bits per heavy atom. The van der Waals surface area contributed by atoms with E-state index in [4.69, 9.17) is 0 Å². The van der Waals surface area contributed by atoms with Gasteiger partial charge < -0.3 is 10.2 Å². The number of nitrogens with one attached hydrogen (secondary N) is 1. The van der Waals surface area contributed by atoms with Crippen LogP contribution in [0.25, 0.3) is 0 Å². The van der Waals surface area contributed by atoms with Crippen LogP contribution in [0.1, 0.15) is 5.56 Å². The van der Waals surface area contributed by atoms with E-state index in [0.29, 0.717) is 31.0 Å². The van der Waals surface area contributed by atoms with E-state index in [1.54, 1.807) is 23.1 Å². The van der Waals surface area contributed by atoms with Crippen LogP contribution in [0.4, 0.5) is 4.39 Å². The molecule has 1 N–H and O–H groups in total. The van der Waals surface area contributed by atoms with Crippen LogP contribution in [0, 0.1) is 15.9 Å². The van der Waals surface area contributed by atoms with Gasteiger partial charge in [0.1, 0.15) is 5.82 Å². The third-order valence-corrected chi connectivity index (χ3v) is 2.58. The van der Waals surface area contributed by atoms with Gasteiger partial charge in [-0.25, -0.2) is 4.39 Å². The second-order valence-electron chi connectivity index (χ2n) is 3.74. The van der Waals surface area contributed by atoms with E-state index in [1.807, 2.05) is 0 Å². The van der Waals surface area contributed by atoms with Crippen LogP contribution < -0.4 is 5.32 Å². The SMILES string of the molecule is O=[N+]([O-])C=C1NCCN1Cc1ccccc1F. The van der Waals surface area contributed by atoms with Gasteiger partial charge in [-0.15, -0.1) is 0 Å². The topological polar surface area (TPSA) is 58.4 Å². The van der Waals surface area contributed by atoms with Crippen molar-refractivity contribution in [2.24, 2.45) is 0 Å². The number of hydrogen-bond acceptors (Lipinski definition) is 4. The van der Waals surface area contributed by atoms with Gasteiger partial charge in [0, 0.05) is 25.2 Å². The molecule has 1 aromatic carbocycles. The summed E-state index contributed by atoms with van der Waals surface area (Å²) in [6.45, 7) is 1.60. The minimum atomic E-state index is -0.512. The number of nitrogens with zero attached hydrogens (tertiary/aromatic N) is 2. The lowest BCUT2D eigenvalue weighted by Crippen LogP contribution is -2.21. The summed E-state index contributed by atoms with van der Waals surface area (Å²) in [5, 5.41) is 13.3. The first-order valence-corrected chi connectivity index (χ1v) is 5.24. The molecule has 1 aromatic rings. The average Bonchev–Trinajstić information content (AvgIpc) is 2.68. The Morgan fingerprint density at radius 2 is 2.29 bits per heavy atom. The van der Waals surface area contributed by atoms with Crippen molar-refractivity contribution in [2.75, 3.05) is 13.1 Å². The summed E-state index contributed by atoms with van der Waals surface area (Å²) in [5.74, 6) is 0.137. The molecule has 17 heavy (non-hydrogen) atoms. The molecular formula is C11H12FN3O2. The number of hydrogen-bond donors (Lipinski definition) is 1. The maximum Gasteiger partial charge on any atom is 0.274 e. The van der Waals surface area contributed by atoms with Crippen molar-refractivity contribution in [2.45, 2.75) is 6.54 Å².